The molecule has 0 N–H and O–H groups in total. The fourth-order valence-corrected chi connectivity index (χ4v) is 2.53. The Morgan fingerprint density at radius 3 is 2.85 bits per heavy atom. The minimum absolute atomic E-state index is 0.298. The third-order valence-electron chi connectivity index (χ3n) is 3.09. The summed E-state index contributed by atoms with van der Waals surface area (Å²) in [6.45, 7) is 7.55. The summed E-state index contributed by atoms with van der Waals surface area (Å²) >= 11 is 3.57. The predicted octanol–water partition coefficient (Wildman–Crippen LogP) is 3.00. The van der Waals surface area contributed by atoms with Crippen molar-refractivity contribution >= 4 is 21.9 Å². The van der Waals surface area contributed by atoms with Crippen molar-refractivity contribution in [2.75, 3.05) is 6.61 Å². The number of hydrogen-bond acceptors (Lipinski definition) is 3. The number of aromatic nitrogens is 3. The topological polar surface area (TPSA) is 49.1 Å². The van der Waals surface area contributed by atoms with Crippen LogP contribution in [0.1, 0.15) is 35.7 Å². The largest absolute Gasteiger partial charge is 0.461 e. The number of halogens is 1. The zero-order valence-electron chi connectivity index (χ0n) is 11.9. The molecule has 0 aliphatic carbocycles. The van der Waals surface area contributed by atoms with Gasteiger partial charge in [-0.15, -0.1) is 0 Å². The number of carbonyl (C=O) groups excluding carboxylic acids is 1. The van der Waals surface area contributed by atoms with E-state index in [4.69, 9.17) is 4.74 Å². The third-order valence-corrected chi connectivity index (χ3v) is 4.12. The molecule has 0 radical (unpaired) electrons. The first-order chi connectivity index (χ1) is 9.58. The molecule has 0 saturated heterocycles. The highest BCUT2D eigenvalue weighted by Crippen LogP contribution is 2.22. The Morgan fingerprint density at radius 1 is 1.45 bits per heavy atom. The highest BCUT2D eigenvalue weighted by Gasteiger charge is 2.16. The molecule has 5 nitrogen and oxygen atoms in total. The molecule has 0 atom stereocenters. The number of ether oxygens (including phenoxy) is 1. The van der Waals surface area contributed by atoms with E-state index < -0.39 is 0 Å². The molecule has 0 bridgehead atoms. The van der Waals surface area contributed by atoms with Crippen LogP contribution in [0.4, 0.5) is 0 Å². The molecule has 0 aliphatic heterocycles. The summed E-state index contributed by atoms with van der Waals surface area (Å²) in [4.78, 5) is 11.9. The fraction of sp³-hybridized carbons (Fsp3) is 0.429. The summed E-state index contributed by atoms with van der Waals surface area (Å²) < 4.78 is 9.87. The van der Waals surface area contributed by atoms with E-state index in [0.29, 0.717) is 18.8 Å². The van der Waals surface area contributed by atoms with Crippen molar-refractivity contribution in [3.8, 4) is 0 Å². The second kappa shape index (κ2) is 6.26. The Kier molecular flexibility index (Phi) is 4.65. The number of aryl methyl sites for hydroxylation is 2. The van der Waals surface area contributed by atoms with E-state index in [2.05, 4.69) is 21.0 Å². The molecule has 6 heteroatoms. The van der Waals surface area contributed by atoms with Crippen molar-refractivity contribution in [3.05, 3.63) is 39.9 Å². The van der Waals surface area contributed by atoms with Crippen LogP contribution >= 0.6 is 15.9 Å². The number of hydrogen-bond donors (Lipinski definition) is 0. The van der Waals surface area contributed by atoms with Crippen LogP contribution in [0.25, 0.3) is 0 Å². The predicted molar refractivity (Wildman–Crippen MR) is 79.8 cm³/mol. The Morgan fingerprint density at radius 2 is 2.20 bits per heavy atom. The van der Waals surface area contributed by atoms with E-state index in [0.717, 1.165) is 22.4 Å². The van der Waals surface area contributed by atoms with Crippen LogP contribution in [0.5, 0.6) is 0 Å². The van der Waals surface area contributed by atoms with E-state index in [1.165, 1.54) is 0 Å². The lowest BCUT2D eigenvalue weighted by Crippen LogP contribution is -2.14. The highest BCUT2D eigenvalue weighted by atomic mass is 79.9. The van der Waals surface area contributed by atoms with Crippen LogP contribution in [0.15, 0.2) is 22.8 Å². The molecular formula is C14H18BrN3O2. The fourth-order valence-electron chi connectivity index (χ4n) is 2.12. The zero-order chi connectivity index (χ0) is 14.7. The molecular weight excluding hydrogens is 322 g/mol. The number of esters is 1. The highest BCUT2D eigenvalue weighted by molar-refractivity contribution is 9.10. The molecule has 0 amide bonds. The van der Waals surface area contributed by atoms with E-state index in [9.17, 15) is 4.79 Å². The van der Waals surface area contributed by atoms with E-state index in [1.807, 2.05) is 35.4 Å². The third kappa shape index (κ3) is 2.80. The Bertz CT molecular complexity index is 616. The van der Waals surface area contributed by atoms with Crippen molar-refractivity contribution in [1.29, 1.82) is 0 Å². The van der Waals surface area contributed by atoms with Gasteiger partial charge in [0.05, 0.1) is 29.0 Å². The van der Waals surface area contributed by atoms with Crippen LogP contribution in [-0.4, -0.2) is 26.9 Å². The summed E-state index contributed by atoms with van der Waals surface area (Å²) in [5.41, 5.74) is 2.55. The van der Waals surface area contributed by atoms with Crippen LogP contribution in [0.2, 0.25) is 0 Å². The molecule has 2 aromatic rings. The zero-order valence-corrected chi connectivity index (χ0v) is 13.5. The van der Waals surface area contributed by atoms with Gasteiger partial charge in [0.15, 0.2) is 0 Å². The van der Waals surface area contributed by atoms with Crippen molar-refractivity contribution in [2.24, 2.45) is 0 Å². The van der Waals surface area contributed by atoms with Gasteiger partial charge in [0.1, 0.15) is 5.69 Å². The monoisotopic (exact) mass is 339 g/mol. The lowest BCUT2D eigenvalue weighted by atomic mass is 10.3. The second-order valence-electron chi connectivity index (χ2n) is 4.40. The molecule has 0 unspecified atom stereocenters. The molecule has 0 fully saturated rings. The second-order valence-corrected chi connectivity index (χ2v) is 5.20. The molecule has 0 aromatic carbocycles. The maximum absolute atomic E-state index is 11.9. The van der Waals surface area contributed by atoms with Gasteiger partial charge < -0.3 is 9.30 Å². The van der Waals surface area contributed by atoms with Gasteiger partial charge in [0, 0.05) is 12.7 Å². The molecule has 0 saturated carbocycles. The van der Waals surface area contributed by atoms with Gasteiger partial charge in [-0.05, 0) is 48.8 Å². The lowest BCUT2D eigenvalue weighted by Gasteiger charge is -2.10. The van der Waals surface area contributed by atoms with Gasteiger partial charge in [-0.3, -0.25) is 4.68 Å². The van der Waals surface area contributed by atoms with E-state index in [-0.39, 0.29) is 5.97 Å². The van der Waals surface area contributed by atoms with Gasteiger partial charge in [0.25, 0.3) is 0 Å². The van der Waals surface area contributed by atoms with Gasteiger partial charge in [0.2, 0.25) is 0 Å². The van der Waals surface area contributed by atoms with Gasteiger partial charge in [-0.25, -0.2) is 4.79 Å². The summed E-state index contributed by atoms with van der Waals surface area (Å²) in [6.07, 6.45) is 1.88. The molecule has 2 heterocycles. The van der Waals surface area contributed by atoms with Crippen molar-refractivity contribution < 1.29 is 9.53 Å². The lowest BCUT2D eigenvalue weighted by molar-refractivity contribution is 0.0514. The first-order valence-corrected chi connectivity index (χ1v) is 7.41. The minimum Gasteiger partial charge on any atom is -0.461 e. The molecule has 20 heavy (non-hydrogen) atoms. The quantitative estimate of drug-likeness (QED) is 0.786. The van der Waals surface area contributed by atoms with Crippen molar-refractivity contribution in [1.82, 2.24) is 14.3 Å². The first kappa shape index (κ1) is 14.8. The Balaban J connectivity index is 2.32. The maximum atomic E-state index is 11.9. The maximum Gasteiger partial charge on any atom is 0.354 e. The van der Waals surface area contributed by atoms with Crippen molar-refractivity contribution in [2.45, 2.75) is 33.9 Å². The summed E-state index contributed by atoms with van der Waals surface area (Å²) in [7, 11) is 0. The average molecular weight is 340 g/mol. The minimum atomic E-state index is -0.298. The van der Waals surface area contributed by atoms with Gasteiger partial charge >= 0.3 is 5.97 Å². The normalized spacial score (nSPS) is 10.8. The van der Waals surface area contributed by atoms with Gasteiger partial charge in [-0.1, -0.05) is 0 Å². The standard InChI is InChI=1S/C14H18BrN3O2/c1-4-18-12(13(15)10(3)16-18)9-17-8-6-7-11(17)14(19)20-5-2/h6-8H,4-5,9H2,1-3H3. The van der Waals surface area contributed by atoms with Crippen molar-refractivity contribution in [3.63, 3.8) is 0 Å². The number of nitrogens with zero attached hydrogens (tertiary/aromatic N) is 3. The number of carbonyl (C=O) groups is 1. The Labute approximate surface area is 126 Å². The summed E-state index contributed by atoms with van der Waals surface area (Å²) in [6, 6.07) is 3.62. The molecule has 2 rings (SSSR count). The van der Waals surface area contributed by atoms with Crippen LogP contribution < -0.4 is 0 Å². The van der Waals surface area contributed by atoms with Gasteiger partial charge in [-0.2, -0.15) is 5.10 Å². The molecule has 2 aromatic heterocycles. The van der Waals surface area contributed by atoms with Crippen LogP contribution in [0, 0.1) is 6.92 Å². The van der Waals surface area contributed by atoms with E-state index >= 15 is 0 Å². The molecule has 0 aliphatic rings. The van der Waals surface area contributed by atoms with Crippen LogP contribution in [0.3, 0.4) is 0 Å². The Hall–Kier alpha value is -1.56. The average Bonchev–Trinajstić information content (AvgIpc) is 2.99. The summed E-state index contributed by atoms with van der Waals surface area (Å²) in [5.74, 6) is -0.298. The van der Waals surface area contributed by atoms with E-state index in [1.54, 1.807) is 13.0 Å². The smallest absolute Gasteiger partial charge is 0.354 e. The SMILES string of the molecule is CCOC(=O)c1cccn1Cc1c(Br)c(C)nn1CC. The molecule has 0 spiro atoms. The first-order valence-electron chi connectivity index (χ1n) is 6.62. The summed E-state index contributed by atoms with van der Waals surface area (Å²) in [5, 5.41) is 4.46. The molecule has 108 valence electrons. The number of rotatable bonds is 5. The van der Waals surface area contributed by atoms with Crippen LogP contribution in [-0.2, 0) is 17.8 Å².